The minimum absolute atomic E-state index is 0. The monoisotopic (exact) mass is 377 g/mol. The summed E-state index contributed by atoms with van der Waals surface area (Å²) in [6, 6.07) is 10.7. The highest BCUT2D eigenvalue weighted by Crippen LogP contribution is 2.23. The Morgan fingerprint density at radius 2 is 2.00 bits per heavy atom. The first kappa shape index (κ1) is 20.0. The molecule has 0 aliphatic carbocycles. The molecule has 1 aromatic carbocycles. The Kier molecular flexibility index (Phi) is 6.83. The zero-order chi connectivity index (χ0) is 17.7. The highest BCUT2D eigenvalue weighted by molar-refractivity contribution is 6.02. The van der Waals surface area contributed by atoms with Crippen molar-refractivity contribution in [1.82, 2.24) is 10.6 Å². The van der Waals surface area contributed by atoms with Crippen LogP contribution in [0.1, 0.15) is 42.3 Å². The summed E-state index contributed by atoms with van der Waals surface area (Å²) < 4.78 is 5.06. The van der Waals surface area contributed by atoms with E-state index >= 15 is 0 Å². The number of hydrogen-bond donors (Lipinski definition) is 3. The van der Waals surface area contributed by atoms with Gasteiger partial charge in [-0.3, -0.25) is 9.59 Å². The normalized spacial score (nSPS) is 18.8. The van der Waals surface area contributed by atoms with Gasteiger partial charge in [0, 0.05) is 12.2 Å². The van der Waals surface area contributed by atoms with Gasteiger partial charge >= 0.3 is 0 Å². The van der Waals surface area contributed by atoms with Gasteiger partial charge in [0.1, 0.15) is 0 Å². The van der Waals surface area contributed by atoms with Crippen LogP contribution in [0.3, 0.4) is 0 Å². The fraction of sp³-hybridized carbons (Fsp3) is 0.368. The molecule has 1 unspecified atom stereocenters. The molecule has 6 nitrogen and oxygen atoms in total. The molecule has 7 heteroatoms. The number of benzene rings is 1. The van der Waals surface area contributed by atoms with Gasteiger partial charge in [-0.1, -0.05) is 19.1 Å². The second-order valence-corrected chi connectivity index (χ2v) is 6.28. The van der Waals surface area contributed by atoms with Crippen molar-refractivity contribution in [2.24, 2.45) is 0 Å². The molecule has 3 N–H and O–H groups in total. The molecule has 1 aliphatic heterocycles. The van der Waals surface area contributed by atoms with Crippen LogP contribution in [0.15, 0.2) is 47.1 Å². The minimum Gasteiger partial charge on any atom is -0.459 e. The van der Waals surface area contributed by atoms with Crippen molar-refractivity contribution in [1.29, 1.82) is 0 Å². The summed E-state index contributed by atoms with van der Waals surface area (Å²) in [4.78, 5) is 24.4. The van der Waals surface area contributed by atoms with Crippen LogP contribution in [0, 0.1) is 0 Å². The van der Waals surface area contributed by atoms with E-state index in [-0.39, 0.29) is 30.0 Å². The molecule has 1 atom stereocenters. The fourth-order valence-electron chi connectivity index (χ4n) is 3.12. The number of halogens is 1. The van der Waals surface area contributed by atoms with Gasteiger partial charge in [0.15, 0.2) is 5.76 Å². The van der Waals surface area contributed by atoms with Crippen LogP contribution in [-0.2, 0) is 11.3 Å². The predicted octanol–water partition coefficient (Wildman–Crippen LogP) is 3.10. The largest absolute Gasteiger partial charge is 0.459 e. The van der Waals surface area contributed by atoms with Crippen molar-refractivity contribution >= 4 is 29.9 Å². The maximum absolute atomic E-state index is 12.5. The average Bonchev–Trinajstić information content (AvgIpc) is 3.33. The number of carbonyl (C=O) groups is 2. The van der Waals surface area contributed by atoms with Crippen molar-refractivity contribution in [2.45, 2.75) is 38.3 Å². The Bertz CT molecular complexity index is 723. The van der Waals surface area contributed by atoms with E-state index in [9.17, 15) is 9.59 Å². The van der Waals surface area contributed by atoms with Gasteiger partial charge in [-0.25, -0.2) is 0 Å². The number of carbonyl (C=O) groups excluding carboxylic acids is 2. The summed E-state index contributed by atoms with van der Waals surface area (Å²) >= 11 is 0. The fourth-order valence-corrected chi connectivity index (χ4v) is 3.12. The van der Waals surface area contributed by atoms with Gasteiger partial charge in [0.2, 0.25) is 5.91 Å². The molecule has 2 aromatic rings. The highest BCUT2D eigenvalue weighted by Gasteiger charge is 2.38. The molecule has 1 saturated heterocycles. The van der Waals surface area contributed by atoms with E-state index in [0.29, 0.717) is 12.2 Å². The van der Waals surface area contributed by atoms with Crippen molar-refractivity contribution < 1.29 is 14.0 Å². The van der Waals surface area contributed by atoms with Gasteiger partial charge in [-0.05, 0) is 55.6 Å². The van der Waals surface area contributed by atoms with Gasteiger partial charge in [0.25, 0.3) is 5.91 Å². The maximum atomic E-state index is 12.5. The van der Waals surface area contributed by atoms with Crippen molar-refractivity contribution in [3.63, 3.8) is 0 Å². The lowest BCUT2D eigenvalue weighted by atomic mass is 9.93. The summed E-state index contributed by atoms with van der Waals surface area (Å²) in [5.74, 6) is 0.0382. The summed E-state index contributed by atoms with van der Waals surface area (Å²) in [6.07, 6.45) is 4.16. The van der Waals surface area contributed by atoms with Crippen molar-refractivity contribution in [3.8, 4) is 0 Å². The van der Waals surface area contributed by atoms with Crippen LogP contribution in [0.4, 0.5) is 5.69 Å². The summed E-state index contributed by atoms with van der Waals surface area (Å²) in [7, 11) is 0. The van der Waals surface area contributed by atoms with Crippen LogP contribution in [0.5, 0.6) is 0 Å². The first-order chi connectivity index (χ1) is 12.1. The molecule has 1 fully saturated rings. The van der Waals surface area contributed by atoms with E-state index in [1.54, 1.807) is 12.1 Å². The van der Waals surface area contributed by atoms with E-state index in [2.05, 4.69) is 16.0 Å². The second-order valence-electron chi connectivity index (χ2n) is 6.28. The zero-order valence-corrected chi connectivity index (χ0v) is 15.5. The van der Waals surface area contributed by atoms with Gasteiger partial charge < -0.3 is 20.4 Å². The molecule has 0 radical (unpaired) electrons. The maximum Gasteiger partial charge on any atom is 0.291 e. The Labute approximate surface area is 159 Å². The Morgan fingerprint density at radius 1 is 1.23 bits per heavy atom. The zero-order valence-electron chi connectivity index (χ0n) is 14.7. The smallest absolute Gasteiger partial charge is 0.291 e. The minimum atomic E-state index is -0.420. The number of hydrogen-bond acceptors (Lipinski definition) is 4. The number of rotatable bonds is 6. The molecule has 140 valence electrons. The van der Waals surface area contributed by atoms with E-state index in [1.165, 1.54) is 6.26 Å². The number of amides is 2. The van der Waals surface area contributed by atoms with E-state index < -0.39 is 5.54 Å². The molecule has 0 spiro atoms. The Morgan fingerprint density at radius 3 is 2.58 bits per heavy atom. The third-order valence-corrected chi connectivity index (χ3v) is 4.69. The molecular weight excluding hydrogens is 354 g/mol. The predicted molar refractivity (Wildman–Crippen MR) is 102 cm³/mol. The van der Waals surface area contributed by atoms with Crippen LogP contribution in [-0.4, -0.2) is 23.9 Å². The number of anilines is 1. The average molecular weight is 378 g/mol. The lowest BCUT2D eigenvalue weighted by Gasteiger charge is -2.26. The van der Waals surface area contributed by atoms with Gasteiger partial charge in [-0.2, -0.15) is 0 Å². The van der Waals surface area contributed by atoms with E-state index in [1.807, 2.05) is 31.2 Å². The molecule has 1 aromatic heterocycles. The molecule has 1 aliphatic rings. The Balaban J connectivity index is 0.00000243. The lowest BCUT2D eigenvalue weighted by molar-refractivity contribution is -0.127. The third-order valence-electron chi connectivity index (χ3n) is 4.69. The van der Waals surface area contributed by atoms with Crippen molar-refractivity contribution in [3.05, 3.63) is 54.0 Å². The van der Waals surface area contributed by atoms with Crippen molar-refractivity contribution in [2.75, 3.05) is 11.9 Å². The van der Waals surface area contributed by atoms with E-state index in [4.69, 9.17) is 4.42 Å². The first-order valence-electron chi connectivity index (χ1n) is 8.60. The molecule has 0 bridgehead atoms. The van der Waals surface area contributed by atoms with E-state index in [0.717, 1.165) is 31.4 Å². The third kappa shape index (κ3) is 4.45. The van der Waals surface area contributed by atoms with Crippen LogP contribution < -0.4 is 16.0 Å². The quantitative estimate of drug-likeness (QED) is 0.722. The van der Waals surface area contributed by atoms with Crippen LogP contribution in [0.2, 0.25) is 0 Å². The second kappa shape index (κ2) is 8.87. The van der Waals surface area contributed by atoms with Gasteiger partial charge in [0.05, 0.1) is 11.8 Å². The number of nitrogens with one attached hydrogen (secondary N) is 3. The standard InChI is InChI=1S/C19H23N3O3.ClH/c1-2-19(10-4-11-21-19)18(24)20-13-14-6-8-15(9-7-14)22-17(23)16-5-3-12-25-16;/h3,5-9,12,21H,2,4,10-11,13H2,1H3,(H,20,24)(H,22,23);1H. The Hall–Kier alpha value is -2.31. The first-order valence-corrected chi connectivity index (χ1v) is 8.60. The topological polar surface area (TPSA) is 83.4 Å². The highest BCUT2D eigenvalue weighted by atomic mass is 35.5. The molecular formula is C19H24ClN3O3. The molecule has 2 amide bonds. The van der Waals surface area contributed by atoms with Crippen LogP contribution in [0.25, 0.3) is 0 Å². The number of furan rings is 1. The summed E-state index contributed by atoms with van der Waals surface area (Å²) in [6.45, 7) is 3.40. The molecule has 0 saturated carbocycles. The lowest BCUT2D eigenvalue weighted by Crippen LogP contribution is -2.52. The van der Waals surface area contributed by atoms with Crippen LogP contribution >= 0.6 is 12.4 Å². The summed E-state index contributed by atoms with van der Waals surface area (Å²) in [5.41, 5.74) is 1.24. The molecule has 3 rings (SSSR count). The molecule has 26 heavy (non-hydrogen) atoms. The molecule has 2 heterocycles. The SMILES string of the molecule is CCC1(C(=O)NCc2ccc(NC(=O)c3ccco3)cc2)CCCN1.Cl. The van der Waals surface area contributed by atoms with Gasteiger partial charge in [-0.15, -0.1) is 12.4 Å². The summed E-state index contributed by atoms with van der Waals surface area (Å²) in [5, 5.41) is 9.11.